The number of aromatic nitrogens is 3. The second kappa shape index (κ2) is 11.8. The van der Waals surface area contributed by atoms with Crippen molar-refractivity contribution >= 4 is 55.6 Å². The van der Waals surface area contributed by atoms with Crippen molar-refractivity contribution in [3.63, 3.8) is 0 Å². The van der Waals surface area contributed by atoms with Gasteiger partial charge in [0.15, 0.2) is 10.9 Å². The van der Waals surface area contributed by atoms with Crippen LogP contribution in [0.15, 0.2) is 30.8 Å². The van der Waals surface area contributed by atoms with E-state index in [-0.39, 0.29) is 23.7 Å². The zero-order valence-electron chi connectivity index (χ0n) is 25.6. The summed E-state index contributed by atoms with van der Waals surface area (Å²) in [5.41, 5.74) is 7.79. The van der Waals surface area contributed by atoms with Gasteiger partial charge in [-0.3, -0.25) is 0 Å². The molecule has 6 rings (SSSR count). The van der Waals surface area contributed by atoms with Gasteiger partial charge in [-0.2, -0.15) is 9.97 Å². The largest absolute Gasteiger partial charge is 0.462 e. The maximum Gasteiger partial charge on any atom is 0.410 e. The van der Waals surface area contributed by atoms with Gasteiger partial charge in [0.2, 0.25) is 0 Å². The summed E-state index contributed by atoms with van der Waals surface area (Å²) >= 11 is 1.36. The Bertz CT molecular complexity index is 1730. The molecule has 2 aliphatic heterocycles. The van der Waals surface area contributed by atoms with Crippen LogP contribution in [0.3, 0.4) is 0 Å². The second-order valence-electron chi connectivity index (χ2n) is 12.3. The lowest BCUT2D eigenvalue weighted by Gasteiger charge is -2.36. The summed E-state index contributed by atoms with van der Waals surface area (Å²) in [5, 5.41) is 0.957. The first-order chi connectivity index (χ1) is 21.0. The van der Waals surface area contributed by atoms with Crippen LogP contribution in [0, 0.1) is 5.82 Å². The van der Waals surface area contributed by atoms with E-state index in [9.17, 15) is 4.79 Å². The summed E-state index contributed by atoms with van der Waals surface area (Å²) in [7, 11) is 2.08. The highest BCUT2D eigenvalue weighted by Gasteiger charge is 2.30. The van der Waals surface area contributed by atoms with Gasteiger partial charge in [-0.15, -0.1) is 0 Å². The summed E-state index contributed by atoms with van der Waals surface area (Å²) in [4.78, 5) is 32.7. The Morgan fingerprint density at radius 1 is 1.16 bits per heavy atom. The van der Waals surface area contributed by atoms with Crippen LogP contribution < -0.4 is 15.4 Å². The number of rotatable bonds is 6. The van der Waals surface area contributed by atoms with Crippen LogP contribution in [-0.4, -0.2) is 88.9 Å². The summed E-state index contributed by atoms with van der Waals surface area (Å²) < 4.78 is 29.4. The van der Waals surface area contributed by atoms with Crippen molar-refractivity contribution < 1.29 is 18.7 Å². The van der Waals surface area contributed by atoms with E-state index in [0.717, 1.165) is 24.1 Å². The zero-order valence-corrected chi connectivity index (χ0v) is 26.4. The van der Waals surface area contributed by atoms with E-state index < -0.39 is 11.4 Å². The minimum Gasteiger partial charge on any atom is -0.462 e. The topological polar surface area (TPSA) is 110 Å². The van der Waals surface area contributed by atoms with Gasteiger partial charge in [-0.05, 0) is 64.9 Å². The maximum atomic E-state index is 16.8. The van der Waals surface area contributed by atoms with E-state index in [1.807, 2.05) is 49.9 Å². The van der Waals surface area contributed by atoms with E-state index in [0.29, 0.717) is 71.3 Å². The van der Waals surface area contributed by atoms with Crippen molar-refractivity contribution in [2.24, 2.45) is 0 Å². The van der Waals surface area contributed by atoms with Crippen LogP contribution in [-0.2, 0) is 4.74 Å². The molecule has 4 aromatic rings. The molecule has 1 atom stereocenters. The van der Waals surface area contributed by atoms with Crippen LogP contribution in [0.4, 0.5) is 20.1 Å². The molecule has 0 aliphatic carbocycles. The molecule has 0 unspecified atom stereocenters. The van der Waals surface area contributed by atoms with E-state index in [1.54, 1.807) is 11.0 Å². The first kappa shape index (κ1) is 30.0. The highest BCUT2D eigenvalue weighted by atomic mass is 32.1. The molecule has 0 spiro atoms. The number of fused-ring (bicyclic) bond motifs is 2. The number of nitrogens with zero attached hydrogens (tertiary/aromatic N) is 6. The zero-order chi connectivity index (χ0) is 31.2. The van der Waals surface area contributed by atoms with Crippen LogP contribution in [0.1, 0.15) is 39.2 Å². The van der Waals surface area contributed by atoms with E-state index in [2.05, 4.69) is 28.5 Å². The first-order valence-electron chi connectivity index (χ1n) is 14.9. The third-order valence-corrected chi connectivity index (χ3v) is 9.00. The third-order valence-electron chi connectivity index (χ3n) is 8.15. The Kier molecular flexibility index (Phi) is 8.06. The molecular formula is C32H38FN7O3S. The van der Waals surface area contributed by atoms with Gasteiger partial charge in [0.1, 0.15) is 23.5 Å². The van der Waals surface area contributed by atoms with Crippen LogP contribution in [0.5, 0.6) is 6.01 Å². The molecule has 10 nitrogen and oxygen atoms in total. The molecule has 2 N–H and O–H groups in total. The summed E-state index contributed by atoms with van der Waals surface area (Å²) in [5.74, 6) is 0.0497. The van der Waals surface area contributed by atoms with Crippen molar-refractivity contribution in [3.05, 3.63) is 42.2 Å². The number of hydrogen-bond donors (Lipinski definition) is 1. The Labute approximate surface area is 260 Å². The fraction of sp³-hybridized carbons (Fsp3) is 0.438. The van der Waals surface area contributed by atoms with Crippen molar-refractivity contribution in [1.29, 1.82) is 0 Å². The minimum atomic E-state index is -0.582. The number of likely N-dealkylation sites (N-methyl/N-ethyl adjacent to an activating group) is 1. The van der Waals surface area contributed by atoms with Crippen LogP contribution >= 0.6 is 11.3 Å². The van der Waals surface area contributed by atoms with Gasteiger partial charge in [-0.1, -0.05) is 36.1 Å². The number of nitrogens with two attached hydrogens (primary N) is 1. The molecule has 2 aliphatic rings. The molecular weight excluding hydrogens is 581 g/mol. The fourth-order valence-electron chi connectivity index (χ4n) is 5.91. The number of thiazole rings is 1. The number of carbonyl (C=O) groups excluding carboxylic acids is 1. The molecule has 0 radical (unpaired) electrons. The SMILES string of the molecule is C=Cc1cc2c(N3CCN(C(=O)OC(C)(C)C)CC3)nc(OC[C@@H]3CCCN3C)nc2c(F)c1-c1cccc2sc(N)nc12. The minimum absolute atomic E-state index is 0.120. The molecule has 44 heavy (non-hydrogen) atoms. The molecule has 2 aromatic carbocycles. The monoisotopic (exact) mass is 619 g/mol. The molecule has 0 saturated carbocycles. The normalized spacial score (nSPS) is 17.9. The highest BCUT2D eigenvalue weighted by Crippen LogP contribution is 2.40. The van der Waals surface area contributed by atoms with E-state index in [1.165, 1.54) is 11.3 Å². The van der Waals surface area contributed by atoms with Gasteiger partial charge in [0.05, 0.1) is 10.2 Å². The number of benzene rings is 2. The van der Waals surface area contributed by atoms with Crippen molar-refractivity contribution in [2.45, 2.75) is 45.3 Å². The second-order valence-corrected chi connectivity index (χ2v) is 13.4. The summed E-state index contributed by atoms with van der Waals surface area (Å²) in [6.45, 7) is 12.8. The highest BCUT2D eigenvalue weighted by molar-refractivity contribution is 7.22. The predicted octanol–water partition coefficient (Wildman–Crippen LogP) is 5.80. The quantitative estimate of drug-likeness (QED) is 0.286. The lowest BCUT2D eigenvalue weighted by Crippen LogP contribution is -2.50. The van der Waals surface area contributed by atoms with Gasteiger partial charge in [0.25, 0.3) is 0 Å². The summed E-state index contributed by atoms with van der Waals surface area (Å²) in [6.07, 6.45) is 3.41. The first-order valence-corrected chi connectivity index (χ1v) is 15.7. The standard InChI is InChI=1S/C32H38FN7O3S/c1-6-19-17-22-27(25(33)24(19)21-10-7-11-23-26(21)35-29(34)44-23)36-30(42-18-20-9-8-12-38(20)5)37-28(22)39-13-15-40(16-14-39)31(41)43-32(2,3)4/h6-7,10-11,17,20H,1,8-9,12-16,18H2,2-5H3,(H2,34,35)/t20-/m0/s1. The number of halogens is 1. The Balaban J connectivity index is 1.42. The molecule has 2 saturated heterocycles. The van der Waals surface area contributed by atoms with Gasteiger partial charge < -0.3 is 29.9 Å². The average molecular weight is 620 g/mol. The van der Waals surface area contributed by atoms with Crippen LogP contribution in [0.2, 0.25) is 0 Å². The van der Waals surface area contributed by atoms with E-state index >= 15 is 4.39 Å². The van der Waals surface area contributed by atoms with Gasteiger partial charge in [0, 0.05) is 48.7 Å². The average Bonchev–Trinajstić information content (AvgIpc) is 3.58. The summed E-state index contributed by atoms with van der Waals surface area (Å²) in [6, 6.07) is 7.86. The Morgan fingerprint density at radius 2 is 1.93 bits per heavy atom. The predicted molar refractivity (Wildman–Crippen MR) is 174 cm³/mol. The van der Waals surface area contributed by atoms with Gasteiger partial charge in [-0.25, -0.2) is 14.2 Å². The van der Waals surface area contributed by atoms with Crippen molar-refractivity contribution in [1.82, 2.24) is 24.8 Å². The lowest BCUT2D eigenvalue weighted by molar-refractivity contribution is 0.0240. The number of hydrogen-bond acceptors (Lipinski definition) is 10. The smallest absolute Gasteiger partial charge is 0.410 e. The molecule has 4 heterocycles. The van der Waals surface area contributed by atoms with Crippen molar-refractivity contribution in [3.8, 4) is 17.1 Å². The Morgan fingerprint density at radius 3 is 2.61 bits per heavy atom. The number of amides is 1. The number of likely N-dealkylation sites (tertiary alicyclic amines) is 1. The van der Waals surface area contributed by atoms with Crippen LogP contribution in [0.25, 0.3) is 38.3 Å². The number of carbonyl (C=O) groups is 1. The fourth-order valence-corrected chi connectivity index (χ4v) is 6.67. The number of anilines is 2. The lowest BCUT2D eigenvalue weighted by atomic mass is 9.95. The molecule has 12 heteroatoms. The number of piperazine rings is 1. The third kappa shape index (κ3) is 5.88. The number of ether oxygens (including phenoxy) is 2. The van der Waals surface area contributed by atoms with Crippen molar-refractivity contribution in [2.75, 3.05) is 57.0 Å². The molecule has 0 bridgehead atoms. The molecule has 2 aromatic heterocycles. The van der Waals surface area contributed by atoms with Gasteiger partial charge >= 0.3 is 12.1 Å². The molecule has 1 amide bonds. The van der Waals surface area contributed by atoms with E-state index in [4.69, 9.17) is 20.2 Å². The Hall–Kier alpha value is -4.03. The number of para-hydroxylation sites is 1. The number of nitrogen functional groups attached to an aromatic ring is 1. The maximum absolute atomic E-state index is 16.8. The molecule has 2 fully saturated rings. The molecule has 232 valence electrons.